The SMILES string of the molecule is Cc1cc(C)cc([NH][Hf+]([C]2=CC=CC2)[SiH](C)C)c1.Cc1cc(C)cc([NH][Hf+]([C]2=CC=CC2)[SiH](C)C)c1.[Cl-].[Cl-]. The van der Waals surface area contributed by atoms with Gasteiger partial charge in [0.1, 0.15) is 0 Å². The molecule has 204 valence electrons. The summed E-state index contributed by atoms with van der Waals surface area (Å²) in [6.45, 7) is 18.8. The summed E-state index contributed by atoms with van der Waals surface area (Å²) in [6, 6.07) is 13.7. The Kier molecular flexibility index (Phi) is 16.5. The topological polar surface area (TPSA) is 24.1 Å². The minimum atomic E-state index is -1.75. The second-order valence-corrected chi connectivity index (χ2v) is 62.1. The van der Waals surface area contributed by atoms with E-state index in [0.29, 0.717) is 0 Å². The van der Waals surface area contributed by atoms with Gasteiger partial charge in [-0.1, -0.05) is 0 Å². The smallest absolute Gasteiger partial charge is 1.00 e. The van der Waals surface area contributed by atoms with Gasteiger partial charge < -0.3 is 24.8 Å². The quantitative estimate of drug-likeness (QED) is 0.398. The molecule has 0 radical (unpaired) electrons. The molecule has 2 aromatic rings. The maximum absolute atomic E-state index is 3.97. The minimum Gasteiger partial charge on any atom is -1.00 e. The predicted molar refractivity (Wildman–Crippen MR) is 161 cm³/mol. The van der Waals surface area contributed by atoms with Gasteiger partial charge in [-0.2, -0.15) is 0 Å². The van der Waals surface area contributed by atoms with E-state index in [2.05, 4.69) is 133 Å². The fraction of sp³-hybridized carbons (Fsp3) is 0.333. The molecule has 0 spiro atoms. The summed E-state index contributed by atoms with van der Waals surface area (Å²) in [5, 5.41) is 0. The normalized spacial score (nSPS) is 13.2. The van der Waals surface area contributed by atoms with Crippen LogP contribution in [0.5, 0.6) is 0 Å². The molecular weight excluding hydrogens is 872 g/mol. The average molecular weight is 917 g/mol. The molecule has 0 heterocycles. The molecule has 4 rings (SSSR count). The molecule has 2 nitrogen and oxygen atoms in total. The zero-order valence-corrected chi connectivity index (χ0v) is 35.3. The van der Waals surface area contributed by atoms with Crippen molar-refractivity contribution in [2.45, 2.75) is 66.7 Å². The monoisotopic (exact) mass is 918 g/mol. The van der Waals surface area contributed by atoms with Gasteiger partial charge in [-0.05, 0) is 0 Å². The number of nitrogens with one attached hydrogen (secondary N) is 2. The van der Waals surface area contributed by atoms with E-state index >= 15 is 0 Å². The Bertz CT molecular complexity index is 1040. The summed E-state index contributed by atoms with van der Waals surface area (Å²) in [7, 11) is 0. The molecule has 2 aliphatic carbocycles. The summed E-state index contributed by atoms with van der Waals surface area (Å²) in [4.78, 5) is 0. The Labute approximate surface area is 262 Å². The third-order valence-corrected chi connectivity index (χ3v) is 53.7. The third-order valence-electron chi connectivity index (χ3n) is 6.39. The number of anilines is 2. The maximum Gasteiger partial charge on any atom is -1.00 e. The Morgan fingerprint density at radius 1 is 0.553 bits per heavy atom. The van der Waals surface area contributed by atoms with Crippen LogP contribution < -0.4 is 31.4 Å². The van der Waals surface area contributed by atoms with Crippen molar-refractivity contribution in [1.82, 2.24) is 0 Å². The Morgan fingerprint density at radius 3 is 1.11 bits per heavy atom. The first-order valence-electron chi connectivity index (χ1n) is 13.3. The van der Waals surface area contributed by atoms with E-state index in [1.165, 1.54) is 46.5 Å². The van der Waals surface area contributed by atoms with Crippen molar-refractivity contribution in [2.24, 2.45) is 0 Å². The van der Waals surface area contributed by atoms with Crippen molar-refractivity contribution in [3.63, 3.8) is 0 Å². The number of hydrogen-bond acceptors (Lipinski definition) is 2. The van der Waals surface area contributed by atoms with Gasteiger partial charge in [-0.25, -0.2) is 0 Å². The van der Waals surface area contributed by atoms with Crippen LogP contribution in [0, 0.1) is 27.7 Å². The van der Waals surface area contributed by atoms with Gasteiger partial charge in [0.05, 0.1) is 0 Å². The van der Waals surface area contributed by atoms with Gasteiger partial charge in [0.25, 0.3) is 0 Å². The van der Waals surface area contributed by atoms with Crippen molar-refractivity contribution in [2.75, 3.05) is 6.61 Å². The summed E-state index contributed by atoms with van der Waals surface area (Å²) in [5.74, 6) is -1.09. The first kappa shape index (κ1) is 35.8. The maximum atomic E-state index is 3.97. The molecule has 0 saturated heterocycles. The number of hydrogen-bond donors (Lipinski definition) is 2. The number of allylic oxidation sites excluding steroid dienone is 8. The molecule has 0 fully saturated rings. The molecule has 2 aromatic carbocycles. The molecule has 0 aromatic heterocycles. The van der Waals surface area contributed by atoms with Gasteiger partial charge in [0.2, 0.25) is 0 Å². The molecule has 38 heavy (non-hydrogen) atoms. The molecule has 0 amide bonds. The van der Waals surface area contributed by atoms with Crippen LogP contribution in [-0.2, 0) is 41.8 Å². The average Bonchev–Trinajstić information content (AvgIpc) is 3.49. The molecule has 0 saturated carbocycles. The minimum absolute atomic E-state index is 0. The zero-order valence-electron chi connectivity index (χ0n) is 24.3. The summed E-state index contributed by atoms with van der Waals surface area (Å²) >= 11 is -3.49. The zero-order chi connectivity index (χ0) is 26.2. The number of benzene rings is 2. The molecule has 0 atom stereocenters. The van der Waals surface area contributed by atoms with Crippen LogP contribution in [0.2, 0.25) is 26.2 Å². The number of rotatable bonds is 8. The van der Waals surface area contributed by atoms with Gasteiger partial charge in [-0.15, -0.1) is 0 Å². The summed E-state index contributed by atoms with van der Waals surface area (Å²) in [5.41, 5.74) is 8.20. The predicted octanol–water partition coefficient (Wildman–Crippen LogP) is 2.16. The summed E-state index contributed by atoms with van der Waals surface area (Å²) < 4.78 is 11.5. The Balaban J connectivity index is 0.000000361. The van der Waals surface area contributed by atoms with E-state index < -0.39 is 53.8 Å². The largest absolute Gasteiger partial charge is 1.00 e. The molecule has 0 aliphatic heterocycles. The van der Waals surface area contributed by atoms with E-state index in [1.807, 2.05) is 0 Å². The standard InChI is InChI=1S/2C8H10N.2C5H5.2C2H7Si.2ClH.2Hf/c2*1-6-3-7(2)5-8(9)4-6;2*1-2-4-5-3-1;2*1-3-2;;;;/h2*3-5,9H,1-2H3;2*1-3H,4H2;2*3H,1-2H3;2*1H;;/q2*-1;;;;;;;2*+2/p-2. The van der Waals surface area contributed by atoms with E-state index in [0.717, 1.165) is 0 Å². The van der Waals surface area contributed by atoms with Gasteiger partial charge >= 0.3 is 240 Å². The van der Waals surface area contributed by atoms with Crippen LogP contribution in [0.15, 0.2) is 79.5 Å². The van der Waals surface area contributed by atoms with Crippen LogP contribution in [0.4, 0.5) is 11.4 Å². The van der Waals surface area contributed by atoms with E-state index in [-0.39, 0.29) is 24.8 Å². The summed E-state index contributed by atoms with van der Waals surface area (Å²) in [6.07, 6.45) is 16.3. The fourth-order valence-corrected chi connectivity index (χ4v) is 44.2. The van der Waals surface area contributed by atoms with Crippen molar-refractivity contribution in [1.29, 1.82) is 0 Å². The van der Waals surface area contributed by atoms with Crippen LogP contribution in [0.3, 0.4) is 0 Å². The number of halogens is 2. The Hall–Kier alpha value is -0.246. The van der Waals surface area contributed by atoms with Crippen LogP contribution in [-0.4, -0.2) is 12.0 Å². The van der Waals surface area contributed by atoms with Crippen molar-refractivity contribution in [3.05, 3.63) is 102 Å². The van der Waals surface area contributed by atoms with Crippen LogP contribution >= 0.6 is 0 Å². The number of aryl methyl sites for hydroxylation is 4. The van der Waals surface area contributed by atoms with Crippen molar-refractivity contribution in [3.8, 4) is 0 Å². The van der Waals surface area contributed by atoms with Crippen molar-refractivity contribution >= 4 is 23.3 Å². The van der Waals surface area contributed by atoms with E-state index in [9.17, 15) is 0 Å². The van der Waals surface area contributed by atoms with Crippen LogP contribution in [0.25, 0.3) is 0 Å². The molecule has 2 aliphatic rings. The molecule has 0 bridgehead atoms. The third kappa shape index (κ3) is 11.3. The molecular formula is C30H44Cl2Hf2N2Si2. The first-order valence-corrected chi connectivity index (χ1v) is 38.7. The molecule has 8 heteroatoms. The molecule has 2 N–H and O–H groups in total. The fourth-order valence-electron chi connectivity index (χ4n) is 4.89. The Morgan fingerprint density at radius 2 is 0.868 bits per heavy atom. The van der Waals surface area contributed by atoms with E-state index in [4.69, 9.17) is 0 Å². The second-order valence-electron chi connectivity index (χ2n) is 10.8. The van der Waals surface area contributed by atoms with Gasteiger partial charge in [-0.3, -0.25) is 0 Å². The van der Waals surface area contributed by atoms with Crippen molar-refractivity contribution < 1.29 is 66.6 Å². The second kappa shape index (κ2) is 17.5. The van der Waals surface area contributed by atoms with Gasteiger partial charge in [0, 0.05) is 0 Å². The van der Waals surface area contributed by atoms with Crippen LogP contribution in [0.1, 0.15) is 35.1 Å². The molecule has 0 unspecified atom stereocenters. The van der Waals surface area contributed by atoms with E-state index in [1.54, 1.807) is 6.66 Å². The first-order chi connectivity index (χ1) is 17.1. The van der Waals surface area contributed by atoms with Gasteiger partial charge in [0.15, 0.2) is 0 Å².